The van der Waals surface area contributed by atoms with Crippen LogP contribution >= 0.6 is 11.3 Å². The maximum atomic E-state index is 4.35. The topological polar surface area (TPSA) is 41.1 Å². The molecule has 24 heavy (non-hydrogen) atoms. The highest BCUT2D eigenvalue weighted by Gasteiger charge is 2.11. The van der Waals surface area contributed by atoms with E-state index in [-0.39, 0.29) is 0 Å². The third kappa shape index (κ3) is 3.53. The Morgan fingerprint density at radius 1 is 0.958 bits per heavy atom. The number of piperazine rings is 1. The fraction of sp³-hybridized carbons (Fsp3) is 0.263. The second-order valence-corrected chi connectivity index (χ2v) is 7.13. The van der Waals surface area contributed by atoms with Crippen LogP contribution in [0.5, 0.6) is 0 Å². The molecule has 4 nitrogen and oxygen atoms in total. The van der Waals surface area contributed by atoms with Gasteiger partial charge in [0, 0.05) is 60.4 Å². The van der Waals surface area contributed by atoms with Gasteiger partial charge >= 0.3 is 0 Å². The average Bonchev–Trinajstić information content (AvgIpc) is 3.12. The van der Waals surface area contributed by atoms with E-state index in [4.69, 9.17) is 0 Å². The van der Waals surface area contributed by atoms with Gasteiger partial charge < -0.3 is 5.32 Å². The minimum atomic E-state index is 0.912. The summed E-state index contributed by atoms with van der Waals surface area (Å²) < 4.78 is 0. The van der Waals surface area contributed by atoms with Crippen molar-refractivity contribution in [3.05, 3.63) is 59.9 Å². The normalized spacial score (nSPS) is 15.5. The van der Waals surface area contributed by atoms with Gasteiger partial charge in [-0.15, -0.1) is 11.3 Å². The van der Waals surface area contributed by atoms with Gasteiger partial charge in [-0.05, 0) is 17.7 Å². The van der Waals surface area contributed by atoms with Crippen molar-refractivity contribution in [3.8, 4) is 21.7 Å². The highest BCUT2D eigenvalue weighted by atomic mass is 32.1. The number of nitrogens with one attached hydrogen (secondary N) is 1. The van der Waals surface area contributed by atoms with Crippen molar-refractivity contribution < 1.29 is 0 Å². The van der Waals surface area contributed by atoms with Crippen molar-refractivity contribution in [2.24, 2.45) is 0 Å². The first-order valence-corrected chi connectivity index (χ1v) is 9.09. The van der Waals surface area contributed by atoms with Crippen LogP contribution in [0.3, 0.4) is 0 Å². The third-order valence-electron chi connectivity index (χ3n) is 4.28. The van der Waals surface area contributed by atoms with Crippen molar-refractivity contribution in [3.63, 3.8) is 0 Å². The predicted molar refractivity (Wildman–Crippen MR) is 98.9 cm³/mol. The largest absolute Gasteiger partial charge is 0.314 e. The zero-order valence-corrected chi connectivity index (χ0v) is 14.3. The van der Waals surface area contributed by atoms with Crippen LogP contribution in [0.15, 0.2) is 55.0 Å². The zero-order valence-electron chi connectivity index (χ0n) is 13.5. The summed E-state index contributed by atoms with van der Waals surface area (Å²) in [5.74, 6) is 0. The average molecular weight is 336 g/mol. The summed E-state index contributed by atoms with van der Waals surface area (Å²) in [5.41, 5.74) is 3.28. The fourth-order valence-electron chi connectivity index (χ4n) is 2.96. The second kappa shape index (κ2) is 7.21. The predicted octanol–water partition coefficient (Wildman–Crippen LogP) is 3.28. The smallest absolute Gasteiger partial charge is 0.0885 e. The van der Waals surface area contributed by atoms with Gasteiger partial charge in [-0.2, -0.15) is 0 Å². The van der Waals surface area contributed by atoms with E-state index in [1.165, 1.54) is 15.3 Å². The van der Waals surface area contributed by atoms with Gasteiger partial charge in [-0.3, -0.25) is 14.9 Å². The standard InChI is InChI=1S/C19H20N4S/c1-3-16(4-2-15(1)18-13-21-7-8-22-18)19-6-5-17(24-19)14-23-11-9-20-10-12-23/h1-8,13,20H,9-12,14H2. The van der Waals surface area contributed by atoms with Crippen molar-refractivity contribution in [2.75, 3.05) is 26.2 Å². The van der Waals surface area contributed by atoms with Gasteiger partial charge in [0.2, 0.25) is 0 Å². The summed E-state index contributed by atoms with van der Waals surface area (Å²) >= 11 is 1.89. The van der Waals surface area contributed by atoms with Gasteiger partial charge in [-0.1, -0.05) is 24.3 Å². The highest BCUT2D eigenvalue weighted by Crippen LogP contribution is 2.30. The quantitative estimate of drug-likeness (QED) is 0.794. The molecule has 0 spiro atoms. The molecule has 1 saturated heterocycles. The fourth-order valence-corrected chi connectivity index (χ4v) is 4.02. The molecule has 0 bridgehead atoms. The molecule has 0 amide bonds. The van der Waals surface area contributed by atoms with Crippen molar-refractivity contribution >= 4 is 11.3 Å². The van der Waals surface area contributed by atoms with E-state index in [1.54, 1.807) is 18.6 Å². The molecule has 0 saturated carbocycles. The van der Waals surface area contributed by atoms with Gasteiger partial charge in [-0.25, -0.2) is 0 Å². The summed E-state index contributed by atoms with van der Waals surface area (Å²) in [4.78, 5) is 13.8. The Hall–Kier alpha value is -2.08. The zero-order chi connectivity index (χ0) is 16.2. The van der Waals surface area contributed by atoms with Crippen LogP contribution in [0.1, 0.15) is 4.88 Å². The van der Waals surface area contributed by atoms with Crippen molar-refractivity contribution in [2.45, 2.75) is 6.54 Å². The van der Waals surface area contributed by atoms with Crippen LogP contribution in [0.25, 0.3) is 21.7 Å². The Labute approximate surface area is 146 Å². The molecule has 0 unspecified atom stereocenters. The molecule has 1 aliphatic rings. The molecule has 1 fully saturated rings. The minimum absolute atomic E-state index is 0.912. The van der Waals surface area contributed by atoms with E-state index in [0.29, 0.717) is 0 Å². The first-order chi connectivity index (χ1) is 11.9. The summed E-state index contributed by atoms with van der Waals surface area (Å²) in [6.45, 7) is 5.54. The Kier molecular flexibility index (Phi) is 4.64. The maximum Gasteiger partial charge on any atom is 0.0885 e. The summed E-state index contributed by atoms with van der Waals surface area (Å²) in [7, 11) is 0. The van der Waals surface area contributed by atoms with E-state index >= 15 is 0 Å². The minimum Gasteiger partial charge on any atom is -0.314 e. The Balaban J connectivity index is 1.48. The number of thiophene rings is 1. The number of rotatable bonds is 4. The molecule has 122 valence electrons. The van der Waals surface area contributed by atoms with Crippen molar-refractivity contribution in [1.29, 1.82) is 0 Å². The maximum absolute atomic E-state index is 4.35. The van der Waals surface area contributed by atoms with Gasteiger partial charge in [0.25, 0.3) is 0 Å². The molecule has 1 N–H and O–H groups in total. The van der Waals surface area contributed by atoms with Crippen molar-refractivity contribution in [1.82, 2.24) is 20.2 Å². The lowest BCUT2D eigenvalue weighted by Gasteiger charge is -2.26. The number of benzene rings is 1. The van der Waals surface area contributed by atoms with Crippen LogP contribution in [0.4, 0.5) is 0 Å². The molecule has 4 rings (SSSR count). The van der Waals surface area contributed by atoms with Crippen LogP contribution in [0, 0.1) is 0 Å². The molecular weight excluding hydrogens is 316 g/mol. The molecule has 1 aliphatic heterocycles. The molecule has 2 aromatic heterocycles. The SMILES string of the molecule is c1cnc(-c2ccc(-c3ccc(CN4CCNCC4)s3)cc2)cn1. The molecule has 0 aliphatic carbocycles. The molecule has 0 atom stereocenters. The van der Waals surface area contributed by atoms with Crippen LogP contribution in [-0.4, -0.2) is 41.0 Å². The Bertz CT molecular complexity index is 777. The third-order valence-corrected chi connectivity index (χ3v) is 5.40. The number of aromatic nitrogens is 2. The van der Waals surface area contributed by atoms with Crippen LogP contribution < -0.4 is 5.32 Å². The lowest BCUT2D eigenvalue weighted by Crippen LogP contribution is -2.42. The van der Waals surface area contributed by atoms with E-state index < -0.39 is 0 Å². The molecule has 0 radical (unpaired) electrons. The Morgan fingerprint density at radius 3 is 2.50 bits per heavy atom. The van der Waals surface area contributed by atoms with E-state index in [9.17, 15) is 0 Å². The lowest BCUT2D eigenvalue weighted by atomic mass is 10.1. The lowest BCUT2D eigenvalue weighted by molar-refractivity contribution is 0.235. The summed E-state index contributed by atoms with van der Waals surface area (Å²) in [6, 6.07) is 13.1. The first kappa shape index (κ1) is 15.4. The molecule has 5 heteroatoms. The molecule has 3 aromatic rings. The molecule has 3 heterocycles. The summed E-state index contributed by atoms with van der Waals surface area (Å²) in [6.07, 6.45) is 5.22. The number of hydrogen-bond acceptors (Lipinski definition) is 5. The summed E-state index contributed by atoms with van der Waals surface area (Å²) in [5, 5.41) is 3.40. The van der Waals surface area contributed by atoms with E-state index in [2.05, 4.69) is 56.6 Å². The second-order valence-electron chi connectivity index (χ2n) is 5.96. The number of hydrogen-bond donors (Lipinski definition) is 1. The number of nitrogens with zero attached hydrogens (tertiary/aromatic N) is 3. The first-order valence-electron chi connectivity index (χ1n) is 8.27. The van der Waals surface area contributed by atoms with Gasteiger partial charge in [0.15, 0.2) is 0 Å². The van der Waals surface area contributed by atoms with Gasteiger partial charge in [0.05, 0.1) is 11.9 Å². The van der Waals surface area contributed by atoms with E-state index in [0.717, 1.165) is 44.0 Å². The van der Waals surface area contributed by atoms with Crippen LogP contribution in [-0.2, 0) is 6.54 Å². The molecular formula is C19H20N4S. The van der Waals surface area contributed by atoms with E-state index in [1.807, 2.05) is 11.3 Å². The monoisotopic (exact) mass is 336 g/mol. The van der Waals surface area contributed by atoms with Crippen LogP contribution in [0.2, 0.25) is 0 Å². The van der Waals surface area contributed by atoms with Gasteiger partial charge in [0.1, 0.15) is 0 Å². The highest BCUT2D eigenvalue weighted by molar-refractivity contribution is 7.15. The molecule has 1 aromatic carbocycles. The Morgan fingerprint density at radius 2 is 1.75 bits per heavy atom.